The summed E-state index contributed by atoms with van der Waals surface area (Å²) >= 11 is 0. The maximum atomic E-state index is 14.6. The lowest BCUT2D eigenvalue weighted by Gasteiger charge is -2.26. The molecule has 0 radical (unpaired) electrons. The summed E-state index contributed by atoms with van der Waals surface area (Å²) in [5, 5.41) is 0.470. The molecule has 1 saturated heterocycles. The van der Waals surface area contributed by atoms with Gasteiger partial charge in [0, 0.05) is 36.4 Å². The molecule has 3 N–H and O–H groups in total. The average Bonchev–Trinajstić information content (AvgIpc) is 3.17. The number of nitrogens with zero attached hydrogens (tertiary/aromatic N) is 2. The molecule has 0 atom stereocenters. The number of ether oxygens (including phenoxy) is 1. The Bertz CT molecular complexity index is 1140. The lowest BCUT2D eigenvalue weighted by Crippen LogP contribution is -2.36. The van der Waals surface area contributed by atoms with Crippen molar-refractivity contribution in [2.24, 2.45) is 5.73 Å². The minimum Gasteiger partial charge on any atom is -0.379 e. The van der Waals surface area contributed by atoms with Gasteiger partial charge in [0.1, 0.15) is 17.3 Å². The van der Waals surface area contributed by atoms with Crippen LogP contribution < -0.4 is 5.73 Å². The third-order valence-electron chi connectivity index (χ3n) is 5.46. The third-order valence-corrected chi connectivity index (χ3v) is 5.46. The summed E-state index contributed by atoms with van der Waals surface area (Å²) in [5.74, 6) is -4.27. The van der Waals surface area contributed by atoms with Crippen LogP contribution in [0, 0.1) is 11.6 Å². The first-order chi connectivity index (χ1) is 15.0. The van der Waals surface area contributed by atoms with Crippen LogP contribution in [0.25, 0.3) is 11.0 Å². The van der Waals surface area contributed by atoms with Crippen molar-refractivity contribution >= 4 is 22.7 Å². The molecule has 2 aromatic heterocycles. The molecule has 4 rings (SSSR count). The van der Waals surface area contributed by atoms with Crippen molar-refractivity contribution in [2.45, 2.75) is 12.8 Å². The zero-order chi connectivity index (χ0) is 22.0. The van der Waals surface area contributed by atoms with Crippen LogP contribution in [0.1, 0.15) is 38.3 Å². The number of carbonyl (C=O) groups excluding carboxylic acids is 2. The van der Waals surface area contributed by atoms with Gasteiger partial charge in [0.15, 0.2) is 0 Å². The molecule has 0 bridgehead atoms. The average molecular weight is 428 g/mol. The lowest BCUT2D eigenvalue weighted by atomic mass is 9.99. The number of amides is 1. The highest BCUT2D eigenvalue weighted by molar-refractivity contribution is 6.16. The SMILES string of the molecule is NC(=O)c1ccc(F)c(C(=O)c2c[nH]c3ncc(CCCN4CCOCC4)cc23)c1F. The van der Waals surface area contributed by atoms with Crippen molar-refractivity contribution in [2.75, 3.05) is 32.8 Å². The van der Waals surface area contributed by atoms with E-state index in [4.69, 9.17) is 10.5 Å². The Balaban J connectivity index is 1.58. The molecule has 0 unspecified atom stereocenters. The molecule has 3 heterocycles. The van der Waals surface area contributed by atoms with E-state index >= 15 is 0 Å². The molecule has 9 heteroatoms. The van der Waals surface area contributed by atoms with E-state index in [1.54, 1.807) is 12.3 Å². The fraction of sp³-hybridized carbons (Fsp3) is 0.318. The van der Waals surface area contributed by atoms with Crippen molar-refractivity contribution in [3.05, 3.63) is 64.5 Å². The zero-order valence-electron chi connectivity index (χ0n) is 16.8. The minimum absolute atomic E-state index is 0.0805. The van der Waals surface area contributed by atoms with Crippen LogP contribution in [0.2, 0.25) is 0 Å². The summed E-state index contributed by atoms with van der Waals surface area (Å²) in [7, 11) is 0. The van der Waals surface area contributed by atoms with Gasteiger partial charge in [0.25, 0.3) is 5.91 Å². The molecule has 7 nitrogen and oxygen atoms in total. The van der Waals surface area contributed by atoms with Crippen LogP contribution in [0.15, 0.2) is 30.6 Å². The van der Waals surface area contributed by atoms with Crippen LogP contribution in [0.4, 0.5) is 8.78 Å². The fourth-order valence-corrected chi connectivity index (χ4v) is 3.79. The third kappa shape index (κ3) is 4.33. The molecule has 0 spiro atoms. The number of benzene rings is 1. The second-order valence-corrected chi connectivity index (χ2v) is 7.48. The number of nitrogens with two attached hydrogens (primary N) is 1. The maximum absolute atomic E-state index is 14.6. The monoisotopic (exact) mass is 428 g/mol. The number of rotatable bonds is 7. The molecule has 0 aliphatic carbocycles. The molecule has 1 amide bonds. The Labute approximate surface area is 177 Å². The first-order valence-corrected chi connectivity index (χ1v) is 10.0. The van der Waals surface area contributed by atoms with Crippen LogP contribution in [-0.2, 0) is 11.2 Å². The van der Waals surface area contributed by atoms with E-state index < -0.39 is 34.5 Å². The van der Waals surface area contributed by atoms with Gasteiger partial charge in [-0.25, -0.2) is 13.8 Å². The number of H-pyrrole nitrogens is 1. The van der Waals surface area contributed by atoms with E-state index in [2.05, 4.69) is 14.9 Å². The summed E-state index contributed by atoms with van der Waals surface area (Å²) in [6, 6.07) is 3.59. The summed E-state index contributed by atoms with van der Waals surface area (Å²) in [5.41, 5.74) is 5.21. The van der Waals surface area contributed by atoms with E-state index in [-0.39, 0.29) is 5.56 Å². The highest BCUT2D eigenvalue weighted by Crippen LogP contribution is 2.25. The Morgan fingerprint density at radius 2 is 1.97 bits per heavy atom. The molecule has 1 fully saturated rings. The predicted molar refractivity (Wildman–Crippen MR) is 110 cm³/mol. The first-order valence-electron chi connectivity index (χ1n) is 10.0. The van der Waals surface area contributed by atoms with Crippen molar-refractivity contribution in [3.63, 3.8) is 0 Å². The second-order valence-electron chi connectivity index (χ2n) is 7.48. The molecule has 3 aromatic rings. The number of aryl methyl sites for hydroxylation is 1. The van der Waals surface area contributed by atoms with Crippen molar-refractivity contribution in [1.29, 1.82) is 0 Å². The number of fused-ring (bicyclic) bond motifs is 1. The lowest BCUT2D eigenvalue weighted by molar-refractivity contribution is 0.0374. The normalized spacial score (nSPS) is 14.8. The minimum atomic E-state index is -1.26. The van der Waals surface area contributed by atoms with Crippen molar-refractivity contribution in [1.82, 2.24) is 14.9 Å². The molecular weight excluding hydrogens is 406 g/mol. The fourth-order valence-electron chi connectivity index (χ4n) is 3.79. The molecule has 0 saturated carbocycles. The van der Waals surface area contributed by atoms with Gasteiger partial charge < -0.3 is 15.5 Å². The number of halogens is 2. The largest absolute Gasteiger partial charge is 0.379 e. The van der Waals surface area contributed by atoms with Gasteiger partial charge in [-0.1, -0.05) is 0 Å². The smallest absolute Gasteiger partial charge is 0.251 e. The number of pyridine rings is 1. The van der Waals surface area contributed by atoms with E-state index in [9.17, 15) is 18.4 Å². The van der Waals surface area contributed by atoms with Gasteiger partial charge in [-0.15, -0.1) is 0 Å². The molecule has 1 aromatic carbocycles. The van der Waals surface area contributed by atoms with E-state index in [1.807, 2.05) is 0 Å². The predicted octanol–water partition coefficient (Wildman–Crippen LogP) is 2.44. The van der Waals surface area contributed by atoms with Gasteiger partial charge in [0.05, 0.1) is 24.3 Å². The number of nitrogens with one attached hydrogen (secondary N) is 1. The molecule has 1 aliphatic heterocycles. The number of morpholine rings is 1. The Hall–Kier alpha value is -3.17. The first kappa shape index (κ1) is 21.1. The number of primary amides is 1. The Kier molecular flexibility index (Phi) is 6.06. The number of aromatic amines is 1. The topological polar surface area (TPSA) is 101 Å². The Morgan fingerprint density at radius 3 is 2.71 bits per heavy atom. The standard InChI is InChI=1S/C22H22F2N4O3/c23-17-4-3-14(21(25)30)19(24)18(17)20(29)16-12-27-22-15(16)10-13(11-26-22)2-1-5-28-6-8-31-9-7-28/h3-4,10-12H,1-2,5-9H2,(H2,25,30)(H,26,27). The number of ketones is 1. The number of carbonyl (C=O) groups is 2. The number of hydrogen-bond donors (Lipinski definition) is 2. The number of hydrogen-bond acceptors (Lipinski definition) is 5. The Morgan fingerprint density at radius 1 is 1.19 bits per heavy atom. The highest BCUT2D eigenvalue weighted by atomic mass is 19.1. The van der Waals surface area contributed by atoms with Crippen LogP contribution in [0.3, 0.4) is 0 Å². The number of aromatic nitrogens is 2. The quantitative estimate of drug-likeness (QED) is 0.563. The van der Waals surface area contributed by atoms with Crippen molar-refractivity contribution in [3.8, 4) is 0 Å². The molecule has 31 heavy (non-hydrogen) atoms. The van der Waals surface area contributed by atoms with E-state index in [0.29, 0.717) is 11.0 Å². The van der Waals surface area contributed by atoms with Gasteiger partial charge in [-0.2, -0.15) is 0 Å². The summed E-state index contributed by atoms with van der Waals surface area (Å²) in [4.78, 5) is 33.9. The summed E-state index contributed by atoms with van der Waals surface area (Å²) in [6.45, 7) is 4.24. The molecule has 162 valence electrons. The van der Waals surface area contributed by atoms with Crippen LogP contribution in [0.5, 0.6) is 0 Å². The summed E-state index contributed by atoms with van der Waals surface area (Å²) in [6.07, 6.45) is 4.75. The highest BCUT2D eigenvalue weighted by Gasteiger charge is 2.25. The van der Waals surface area contributed by atoms with Crippen molar-refractivity contribution < 1.29 is 23.1 Å². The van der Waals surface area contributed by atoms with Gasteiger partial charge in [0.2, 0.25) is 5.78 Å². The molecule has 1 aliphatic rings. The van der Waals surface area contributed by atoms with E-state index in [0.717, 1.165) is 63.4 Å². The van der Waals surface area contributed by atoms with Crippen LogP contribution >= 0.6 is 0 Å². The van der Waals surface area contributed by atoms with E-state index in [1.165, 1.54) is 6.20 Å². The zero-order valence-corrected chi connectivity index (χ0v) is 16.8. The molecular formula is C22H22F2N4O3. The van der Waals surface area contributed by atoms with Gasteiger partial charge in [-0.05, 0) is 43.1 Å². The maximum Gasteiger partial charge on any atom is 0.251 e. The summed E-state index contributed by atoms with van der Waals surface area (Å²) < 4.78 is 34.3. The van der Waals surface area contributed by atoms with Crippen LogP contribution in [-0.4, -0.2) is 59.4 Å². The van der Waals surface area contributed by atoms with Gasteiger partial charge >= 0.3 is 0 Å². The van der Waals surface area contributed by atoms with Gasteiger partial charge in [-0.3, -0.25) is 14.5 Å². The second kappa shape index (κ2) is 8.91.